The molecule has 0 atom stereocenters. The van der Waals surface area contributed by atoms with Crippen LogP contribution in [0, 0.1) is 23.7 Å². The predicted octanol–water partition coefficient (Wildman–Crippen LogP) is 3.78. The van der Waals surface area contributed by atoms with Crippen molar-refractivity contribution in [3.8, 4) is 0 Å². The maximum absolute atomic E-state index is 12.7. The zero-order valence-electron chi connectivity index (χ0n) is 15.1. The van der Waals surface area contributed by atoms with Crippen molar-refractivity contribution in [2.24, 2.45) is 16.7 Å². The van der Waals surface area contributed by atoms with Crippen LogP contribution in [0.15, 0.2) is 24.3 Å². The molecule has 0 bridgehead atoms. The van der Waals surface area contributed by atoms with E-state index in [2.05, 4.69) is 5.32 Å². The maximum atomic E-state index is 12.7. The van der Waals surface area contributed by atoms with E-state index in [-0.39, 0.29) is 11.6 Å². The topological polar surface area (TPSA) is 63.2 Å². The van der Waals surface area contributed by atoms with Crippen LogP contribution in [0.4, 0.5) is 5.69 Å². The highest BCUT2D eigenvalue weighted by atomic mass is 16.2. The van der Waals surface area contributed by atoms with E-state index in [0.717, 1.165) is 5.56 Å². The molecule has 126 valence electrons. The van der Waals surface area contributed by atoms with Crippen LogP contribution in [0.1, 0.15) is 47.1 Å². The third kappa shape index (κ3) is 5.02. The van der Waals surface area contributed by atoms with Crippen LogP contribution in [0.2, 0.25) is 0 Å². The molecule has 0 aliphatic heterocycles. The smallest absolute Gasteiger partial charge is 0.242 e. The molecular weight excluding hydrogens is 290 g/mol. The SMILES string of the molecule is Cc1ccc(NC(=O)C(C(=O)C(C)(C)C)C(=O)C(C)(C)C)cc1. The number of ketones is 2. The predicted molar refractivity (Wildman–Crippen MR) is 92.2 cm³/mol. The number of rotatable bonds is 4. The van der Waals surface area contributed by atoms with Gasteiger partial charge in [0.15, 0.2) is 17.5 Å². The van der Waals surface area contributed by atoms with Gasteiger partial charge in [-0.2, -0.15) is 0 Å². The Morgan fingerprint density at radius 2 is 1.22 bits per heavy atom. The van der Waals surface area contributed by atoms with Crippen molar-refractivity contribution in [2.45, 2.75) is 48.5 Å². The number of Topliss-reactive ketones (excluding diaryl/α,β-unsaturated/α-hetero) is 2. The van der Waals surface area contributed by atoms with Crippen molar-refractivity contribution < 1.29 is 14.4 Å². The van der Waals surface area contributed by atoms with E-state index in [4.69, 9.17) is 0 Å². The van der Waals surface area contributed by atoms with E-state index in [0.29, 0.717) is 5.69 Å². The average Bonchev–Trinajstić information content (AvgIpc) is 2.39. The van der Waals surface area contributed by atoms with Gasteiger partial charge in [-0.3, -0.25) is 14.4 Å². The molecule has 23 heavy (non-hydrogen) atoms. The molecule has 4 nitrogen and oxygen atoms in total. The summed E-state index contributed by atoms with van der Waals surface area (Å²) in [5.74, 6) is -2.57. The molecule has 0 aromatic heterocycles. The Hall–Kier alpha value is -1.97. The summed E-state index contributed by atoms with van der Waals surface area (Å²) in [6.07, 6.45) is 0. The maximum Gasteiger partial charge on any atom is 0.242 e. The minimum Gasteiger partial charge on any atom is -0.325 e. The van der Waals surface area contributed by atoms with Gasteiger partial charge < -0.3 is 5.32 Å². The molecule has 1 amide bonds. The van der Waals surface area contributed by atoms with E-state index in [1.165, 1.54) is 0 Å². The normalized spacial score (nSPS) is 12.2. The molecule has 0 aliphatic rings. The summed E-state index contributed by atoms with van der Waals surface area (Å²) in [7, 11) is 0. The van der Waals surface area contributed by atoms with E-state index < -0.39 is 22.7 Å². The van der Waals surface area contributed by atoms with Crippen LogP contribution >= 0.6 is 0 Å². The summed E-state index contributed by atoms with van der Waals surface area (Å²) in [6, 6.07) is 7.24. The number of anilines is 1. The lowest BCUT2D eigenvalue weighted by atomic mass is 9.74. The Morgan fingerprint density at radius 3 is 1.57 bits per heavy atom. The van der Waals surface area contributed by atoms with Crippen molar-refractivity contribution in [1.82, 2.24) is 0 Å². The third-order valence-corrected chi connectivity index (χ3v) is 3.58. The number of benzene rings is 1. The molecule has 0 unspecified atom stereocenters. The van der Waals surface area contributed by atoms with Crippen LogP contribution in [-0.4, -0.2) is 17.5 Å². The number of carbonyl (C=O) groups is 3. The summed E-state index contributed by atoms with van der Waals surface area (Å²) in [5.41, 5.74) is 0.108. The number of aryl methyl sites for hydroxylation is 1. The van der Waals surface area contributed by atoms with Gasteiger partial charge in [0.1, 0.15) is 0 Å². The van der Waals surface area contributed by atoms with Crippen LogP contribution in [0.3, 0.4) is 0 Å². The van der Waals surface area contributed by atoms with Crippen molar-refractivity contribution in [2.75, 3.05) is 5.32 Å². The van der Waals surface area contributed by atoms with Gasteiger partial charge in [-0.25, -0.2) is 0 Å². The zero-order chi connectivity index (χ0) is 18.0. The first-order chi connectivity index (χ1) is 10.3. The van der Waals surface area contributed by atoms with Gasteiger partial charge in [0, 0.05) is 16.5 Å². The number of nitrogens with one attached hydrogen (secondary N) is 1. The van der Waals surface area contributed by atoms with Crippen molar-refractivity contribution in [3.63, 3.8) is 0 Å². The molecule has 0 saturated carbocycles. The van der Waals surface area contributed by atoms with Crippen LogP contribution in [-0.2, 0) is 14.4 Å². The second-order valence-electron chi connectivity index (χ2n) is 8.02. The Labute approximate surface area is 138 Å². The van der Waals surface area contributed by atoms with Gasteiger partial charge in [-0.15, -0.1) is 0 Å². The second kappa shape index (κ2) is 6.65. The fourth-order valence-corrected chi connectivity index (χ4v) is 2.07. The summed E-state index contributed by atoms with van der Waals surface area (Å²) < 4.78 is 0. The molecule has 0 heterocycles. The van der Waals surface area contributed by atoms with E-state index in [1.54, 1.807) is 53.7 Å². The molecule has 1 aromatic rings. The minimum absolute atomic E-state index is 0.359. The largest absolute Gasteiger partial charge is 0.325 e. The van der Waals surface area contributed by atoms with Gasteiger partial charge in [-0.05, 0) is 19.1 Å². The molecule has 1 N–H and O–H groups in total. The van der Waals surface area contributed by atoms with Crippen molar-refractivity contribution in [1.29, 1.82) is 0 Å². The Bertz CT molecular complexity index is 575. The van der Waals surface area contributed by atoms with Crippen LogP contribution in [0.5, 0.6) is 0 Å². The molecule has 1 rings (SSSR count). The Kier molecular flexibility index (Phi) is 5.51. The van der Waals surface area contributed by atoms with Crippen molar-refractivity contribution in [3.05, 3.63) is 29.8 Å². The Morgan fingerprint density at radius 1 is 0.826 bits per heavy atom. The van der Waals surface area contributed by atoms with Gasteiger partial charge in [0.2, 0.25) is 5.91 Å². The quantitative estimate of drug-likeness (QED) is 0.860. The molecule has 0 fully saturated rings. The number of hydrogen-bond donors (Lipinski definition) is 1. The van der Waals surface area contributed by atoms with Crippen LogP contribution in [0.25, 0.3) is 0 Å². The van der Waals surface area contributed by atoms with E-state index in [1.807, 2.05) is 19.1 Å². The van der Waals surface area contributed by atoms with Gasteiger partial charge in [0.25, 0.3) is 0 Å². The fourth-order valence-electron chi connectivity index (χ4n) is 2.07. The third-order valence-electron chi connectivity index (χ3n) is 3.58. The number of amides is 1. The first-order valence-electron chi connectivity index (χ1n) is 7.80. The number of carbonyl (C=O) groups excluding carboxylic acids is 3. The monoisotopic (exact) mass is 317 g/mol. The first kappa shape index (κ1) is 19.1. The standard InChI is InChI=1S/C19H27NO3/c1-12-8-10-13(11-9-12)20-17(23)14(15(21)18(2,3)4)16(22)19(5,6)7/h8-11,14H,1-7H3,(H,20,23). The van der Waals surface area contributed by atoms with E-state index in [9.17, 15) is 14.4 Å². The minimum atomic E-state index is -1.30. The summed E-state index contributed by atoms with van der Waals surface area (Å²) in [4.78, 5) is 37.9. The average molecular weight is 317 g/mol. The zero-order valence-corrected chi connectivity index (χ0v) is 15.1. The van der Waals surface area contributed by atoms with Gasteiger partial charge in [0.05, 0.1) is 0 Å². The lowest BCUT2D eigenvalue weighted by Gasteiger charge is -2.28. The fraction of sp³-hybridized carbons (Fsp3) is 0.526. The molecule has 0 radical (unpaired) electrons. The molecule has 0 spiro atoms. The summed E-state index contributed by atoms with van der Waals surface area (Å²) >= 11 is 0. The lowest BCUT2D eigenvalue weighted by molar-refractivity contribution is -0.146. The molecule has 1 aromatic carbocycles. The molecular formula is C19H27NO3. The highest BCUT2D eigenvalue weighted by molar-refractivity contribution is 6.23. The Balaban J connectivity index is 3.13. The highest BCUT2D eigenvalue weighted by Gasteiger charge is 2.43. The highest BCUT2D eigenvalue weighted by Crippen LogP contribution is 2.28. The lowest BCUT2D eigenvalue weighted by Crippen LogP contribution is -2.45. The number of hydrogen-bond acceptors (Lipinski definition) is 3. The molecule has 0 aliphatic carbocycles. The summed E-state index contributed by atoms with van der Waals surface area (Å²) in [5, 5.41) is 2.69. The summed E-state index contributed by atoms with van der Waals surface area (Å²) in [6.45, 7) is 12.3. The van der Waals surface area contributed by atoms with Crippen molar-refractivity contribution >= 4 is 23.2 Å². The molecule has 4 heteroatoms. The first-order valence-corrected chi connectivity index (χ1v) is 7.80. The molecule has 0 saturated heterocycles. The van der Waals surface area contributed by atoms with Gasteiger partial charge in [-0.1, -0.05) is 59.2 Å². The second-order valence-corrected chi connectivity index (χ2v) is 8.02. The van der Waals surface area contributed by atoms with Crippen LogP contribution < -0.4 is 5.32 Å². The van der Waals surface area contributed by atoms with Gasteiger partial charge >= 0.3 is 0 Å². The van der Waals surface area contributed by atoms with E-state index >= 15 is 0 Å².